The molecule has 0 unspecified atom stereocenters. The summed E-state index contributed by atoms with van der Waals surface area (Å²) in [6, 6.07) is 5.53. The quantitative estimate of drug-likeness (QED) is 0.842. The maximum Gasteiger partial charge on any atom is 0.165 e. The van der Waals surface area contributed by atoms with E-state index in [0.717, 1.165) is 5.56 Å². The van der Waals surface area contributed by atoms with E-state index < -0.39 is 0 Å². The maximum absolute atomic E-state index is 13.9. The van der Waals surface area contributed by atoms with Crippen molar-refractivity contribution in [2.24, 2.45) is 5.92 Å². The van der Waals surface area contributed by atoms with E-state index in [1.165, 1.54) is 31.7 Å². The molecule has 0 bridgehead atoms. The lowest BCUT2D eigenvalue weighted by Gasteiger charge is -2.16. The van der Waals surface area contributed by atoms with Crippen LogP contribution in [0.25, 0.3) is 0 Å². The van der Waals surface area contributed by atoms with Gasteiger partial charge in [-0.3, -0.25) is 0 Å². The second kappa shape index (κ2) is 6.90. The zero-order valence-electron chi connectivity index (χ0n) is 11.9. The van der Waals surface area contributed by atoms with E-state index in [0.29, 0.717) is 30.9 Å². The van der Waals surface area contributed by atoms with E-state index in [1.807, 2.05) is 6.07 Å². The minimum absolute atomic E-state index is 0.249. The molecule has 1 aromatic carbocycles. The Balaban J connectivity index is 1.99. The number of ether oxygens (including phenoxy) is 1. The van der Waals surface area contributed by atoms with Gasteiger partial charge >= 0.3 is 0 Å². The van der Waals surface area contributed by atoms with Crippen molar-refractivity contribution in [3.8, 4) is 5.75 Å². The van der Waals surface area contributed by atoms with Crippen LogP contribution in [0.2, 0.25) is 0 Å². The second-order valence-electron chi connectivity index (χ2n) is 5.73. The molecule has 0 radical (unpaired) electrons. The van der Waals surface area contributed by atoms with Gasteiger partial charge in [0.1, 0.15) is 0 Å². The van der Waals surface area contributed by atoms with Gasteiger partial charge in [0.25, 0.3) is 0 Å². The smallest absolute Gasteiger partial charge is 0.165 e. The number of para-hydroxylation sites is 1. The molecule has 1 fully saturated rings. The molecule has 1 aromatic rings. The van der Waals surface area contributed by atoms with Crippen molar-refractivity contribution in [1.82, 2.24) is 5.32 Å². The van der Waals surface area contributed by atoms with Crippen LogP contribution in [-0.2, 0) is 6.54 Å². The maximum atomic E-state index is 13.9. The predicted molar refractivity (Wildman–Crippen MR) is 75.8 cm³/mol. The van der Waals surface area contributed by atoms with Crippen LogP contribution in [0.1, 0.15) is 45.1 Å². The van der Waals surface area contributed by atoms with Crippen LogP contribution in [0.4, 0.5) is 4.39 Å². The van der Waals surface area contributed by atoms with Gasteiger partial charge in [0.2, 0.25) is 0 Å². The topological polar surface area (TPSA) is 21.3 Å². The summed E-state index contributed by atoms with van der Waals surface area (Å²) in [5, 5.41) is 3.31. The van der Waals surface area contributed by atoms with Crippen molar-refractivity contribution in [2.45, 2.75) is 52.1 Å². The molecule has 0 heterocycles. The molecule has 106 valence electrons. The SMILES string of the molecule is CC(C)NCc1cccc(F)c1OCC1CCCC1. The fourth-order valence-electron chi connectivity index (χ4n) is 2.55. The van der Waals surface area contributed by atoms with E-state index in [-0.39, 0.29) is 5.82 Å². The summed E-state index contributed by atoms with van der Waals surface area (Å²) in [7, 11) is 0. The monoisotopic (exact) mass is 265 g/mol. The fraction of sp³-hybridized carbons (Fsp3) is 0.625. The van der Waals surface area contributed by atoms with E-state index >= 15 is 0 Å². The Morgan fingerprint density at radius 2 is 2.05 bits per heavy atom. The lowest BCUT2D eigenvalue weighted by atomic mass is 10.1. The van der Waals surface area contributed by atoms with Crippen LogP contribution < -0.4 is 10.1 Å². The van der Waals surface area contributed by atoms with Gasteiger partial charge in [-0.15, -0.1) is 0 Å². The molecule has 2 nitrogen and oxygen atoms in total. The largest absolute Gasteiger partial charge is 0.490 e. The highest BCUT2D eigenvalue weighted by molar-refractivity contribution is 5.35. The Hall–Kier alpha value is -1.09. The van der Waals surface area contributed by atoms with E-state index in [2.05, 4.69) is 19.2 Å². The van der Waals surface area contributed by atoms with Crippen LogP contribution >= 0.6 is 0 Å². The van der Waals surface area contributed by atoms with Crippen molar-refractivity contribution in [3.05, 3.63) is 29.6 Å². The second-order valence-corrected chi connectivity index (χ2v) is 5.73. The van der Waals surface area contributed by atoms with Gasteiger partial charge in [0, 0.05) is 18.2 Å². The van der Waals surface area contributed by atoms with Crippen LogP contribution in [-0.4, -0.2) is 12.6 Å². The molecular formula is C16H24FNO. The fourth-order valence-corrected chi connectivity index (χ4v) is 2.55. The van der Waals surface area contributed by atoms with Crippen LogP contribution in [0.5, 0.6) is 5.75 Å². The average Bonchev–Trinajstić information content (AvgIpc) is 2.88. The Bertz CT molecular complexity index is 400. The minimum Gasteiger partial charge on any atom is -0.490 e. The Morgan fingerprint density at radius 3 is 2.74 bits per heavy atom. The first-order chi connectivity index (χ1) is 9.16. The van der Waals surface area contributed by atoms with E-state index in [9.17, 15) is 4.39 Å². The summed E-state index contributed by atoms with van der Waals surface area (Å²) in [5.74, 6) is 0.786. The lowest BCUT2D eigenvalue weighted by molar-refractivity contribution is 0.239. The zero-order valence-corrected chi connectivity index (χ0v) is 11.9. The van der Waals surface area contributed by atoms with Crippen LogP contribution in [0.3, 0.4) is 0 Å². The summed E-state index contributed by atoms with van der Waals surface area (Å²) in [5.41, 5.74) is 0.909. The van der Waals surface area contributed by atoms with Crippen molar-refractivity contribution in [2.75, 3.05) is 6.61 Å². The Labute approximate surface area is 115 Å². The molecule has 1 saturated carbocycles. The highest BCUT2D eigenvalue weighted by Crippen LogP contribution is 2.28. The first-order valence-corrected chi connectivity index (χ1v) is 7.30. The first kappa shape index (κ1) is 14.3. The third-order valence-corrected chi connectivity index (χ3v) is 3.69. The van der Waals surface area contributed by atoms with Gasteiger partial charge in [-0.1, -0.05) is 38.8 Å². The number of hydrogen-bond donors (Lipinski definition) is 1. The molecule has 0 saturated heterocycles. The molecular weight excluding hydrogens is 241 g/mol. The van der Waals surface area contributed by atoms with Crippen LogP contribution in [0.15, 0.2) is 18.2 Å². The summed E-state index contributed by atoms with van der Waals surface area (Å²) in [6.45, 7) is 5.46. The van der Waals surface area contributed by atoms with Gasteiger partial charge < -0.3 is 10.1 Å². The first-order valence-electron chi connectivity index (χ1n) is 7.30. The number of nitrogens with one attached hydrogen (secondary N) is 1. The molecule has 19 heavy (non-hydrogen) atoms. The molecule has 3 heteroatoms. The van der Waals surface area contributed by atoms with Crippen molar-refractivity contribution in [1.29, 1.82) is 0 Å². The number of rotatable bonds is 6. The van der Waals surface area contributed by atoms with Gasteiger partial charge in [0.15, 0.2) is 11.6 Å². The number of benzene rings is 1. The van der Waals surface area contributed by atoms with E-state index in [4.69, 9.17) is 4.74 Å². The third-order valence-electron chi connectivity index (χ3n) is 3.69. The van der Waals surface area contributed by atoms with Gasteiger partial charge in [-0.25, -0.2) is 4.39 Å². The summed E-state index contributed by atoms with van der Waals surface area (Å²) in [6.07, 6.45) is 5.00. The predicted octanol–water partition coefficient (Wildman–Crippen LogP) is 3.89. The molecule has 1 aliphatic rings. The number of hydrogen-bond acceptors (Lipinski definition) is 2. The van der Waals surface area contributed by atoms with Gasteiger partial charge in [-0.2, -0.15) is 0 Å². The molecule has 1 N–H and O–H groups in total. The normalized spacial score (nSPS) is 16.2. The minimum atomic E-state index is -0.249. The standard InChI is InChI=1S/C16H24FNO/c1-12(2)18-10-14-8-5-9-15(17)16(14)19-11-13-6-3-4-7-13/h5,8-9,12-13,18H,3-4,6-7,10-11H2,1-2H3. The Morgan fingerprint density at radius 1 is 1.32 bits per heavy atom. The number of halogens is 1. The molecule has 1 aliphatic carbocycles. The molecule has 0 spiro atoms. The molecule has 2 rings (SSSR count). The highest BCUT2D eigenvalue weighted by atomic mass is 19.1. The van der Waals surface area contributed by atoms with Gasteiger partial charge in [0.05, 0.1) is 6.61 Å². The molecule has 0 aliphatic heterocycles. The summed E-state index contributed by atoms with van der Waals surface area (Å²) >= 11 is 0. The Kier molecular flexibility index (Phi) is 5.20. The molecule has 0 atom stereocenters. The van der Waals surface area contributed by atoms with Crippen molar-refractivity contribution >= 4 is 0 Å². The lowest BCUT2D eigenvalue weighted by Crippen LogP contribution is -2.22. The van der Waals surface area contributed by atoms with Crippen molar-refractivity contribution in [3.63, 3.8) is 0 Å². The van der Waals surface area contributed by atoms with Gasteiger partial charge in [-0.05, 0) is 24.8 Å². The van der Waals surface area contributed by atoms with Crippen LogP contribution in [0, 0.1) is 11.7 Å². The zero-order chi connectivity index (χ0) is 13.7. The molecule has 0 amide bonds. The third kappa shape index (κ3) is 4.20. The summed E-state index contributed by atoms with van der Waals surface area (Å²) in [4.78, 5) is 0. The van der Waals surface area contributed by atoms with E-state index in [1.54, 1.807) is 6.07 Å². The van der Waals surface area contributed by atoms with Crippen molar-refractivity contribution < 1.29 is 9.13 Å². The molecule has 0 aromatic heterocycles. The highest BCUT2D eigenvalue weighted by Gasteiger charge is 2.17. The summed E-state index contributed by atoms with van der Waals surface area (Å²) < 4.78 is 19.7. The average molecular weight is 265 g/mol.